The first-order valence-electron chi connectivity index (χ1n) is 9.76. The van der Waals surface area contributed by atoms with E-state index in [0.29, 0.717) is 38.4 Å². The molecule has 1 aromatic rings. The van der Waals surface area contributed by atoms with Gasteiger partial charge in [0.05, 0.1) is 18.1 Å². The molecular weight excluding hydrogens is 366 g/mol. The van der Waals surface area contributed by atoms with Crippen LogP contribution in [0.2, 0.25) is 0 Å². The van der Waals surface area contributed by atoms with E-state index in [9.17, 15) is 13.2 Å². The molecule has 0 spiro atoms. The van der Waals surface area contributed by atoms with Crippen LogP contribution in [0, 0.1) is 0 Å². The number of sulfonamides is 1. The molecule has 0 aromatic heterocycles. The minimum Gasteiger partial charge on any atom is -0.379 e. The van der Waals surface area contributed by atoms with Gasteiger partial charge in [-0.25, -0.2) is 8.42 Å². The maximum absolute atomic E-state index is 12.7. The van der Waals surface area contributed by atoms with Crippen molar-refractivity contribution < 1.29 is 17.9 Å². The number of piperidine rings is 1. The molecule has 0 radical (unpaired) electrons. The molecule has 2 heterocycles. The fraction of sp³-hybridized carbons (Fsp3) is 0.632. The highest BCUT2D eigenvalue weighted by atomic mass is 32.2. The molecular formula is C19H29N3O4S. The van der Waals surface area contributed by atoms with Crippen LogP contribution in [0.4, 0.5) is 0 Å². The van der Waals surface area contributed by atoms with Gasteiger partial charge >= 0.3 is 0 Å². The van der Waals surface area contributed by atoms with Gasteiger partial charge in [-0.3, -0.25) is 4.79 Å². The summed E-state index contributed by atoms with van der Waals surface area (Å²) in [5, 5.41) is 2.90. The van der Waals surface area contributed by atoms with Gasteiger partial charge in [0.1, 0.15) is 0 Å². The van der Waals surface area contributed by atoms with E-state index in [1.165, 1.54) is 35.7 Å². The van der Waals surface area contributed by atoms with E-state index in [1.807, 2.05) is 0 Å². The molecule has 1 amide bonds. The number of ether oxygens (including phenoxy) is 1. The fourth-order valence-corrected chi connectivity index (χ4v) is 4.98. The summed E-state index contributed by atoms with van der Waals surface area (Å²) in [4.78, 5) is 15.0. The predicted octanol–water partition coefficient (Wildman–Crippen LogP) is 1.31. The van der Waals surface area contributed by atoms with Gasteiger partial charge in [0.2, 0.25) is 10.0 Å². The number of rotatable bonds is 7. The van der Waals surface area contributed by atoms with Crippen LogP contribution < -0.4 is 5.32 Å². The Morgan fingerprint density at radius 3 is 2.56 bits per heavy atom. The van der Waals surface area contributed by atoms with Gasteiger partial charge in [-0.15, -0.1) is 0 Å². The minimum atomic E-state index is -3.59. The van der Waals surface area contributed by atoms with Crippen LogP contribution in [0.15, 0.2) is 29.2 Å². The van der Waals surface area contributed by atoms with Crippen LogP contribution in [-0.2, 0) is 14.8 Å². The quantitative estimate of drug-likeness (QED) is 0.705. The largest absolute Gasteiger partial charge is 0.379 e. The van der Waals surface area contributed by atoms with Crippen LogP contribution in [-0.4, -0.2) is 76.0 Å². The molecule has 1 aromatic carbocycles. The van der Waals surface area contributed by atoms with E-state index in [2.05, 4.69) is 10.2 Å². The Balaban J connectivity index is 1.53. The molecule has 3 rings (SSSR count). The fourth-order valence-electron chi connectivity index (χ4n) is 3.52. The average molecular weight is 396 g/mol. The lowest BCUT2D eigenvalue weighted by molar-refractivity contribution is 0.0730. The maximum atomic E-state index is 12.7. The summed E-state index contributed by atoms with van der Waals surface area (Å²) in [6.07, 6.45) is 4.74. The Labute approximate surface area is 161 Å². The monoisotopic (exact) mass is 395 g/mol. The van der Waals surface area contributed by atoms with E-state index in [-0.39, 0.29) is 10.8 Å². The zero-order valence-electron chi connectivity index (χ0n) is 15.7. The van der Waals surface area contributed by atoms with Gasteiger partial charge in [0, 0.05) is 25.2 Å². The standard InChI is InChI=1S/C19H29N3O4S/c23-19(20-8-5-11-21-9-2-1-3-10-21)17-6-4-7-18(16-17)27(24,25)22-12-14-26-15-13-22/h4,6-7,16H,1-3,5,8-15H2,(H,20,23). The summed E-state index contributed by atoms with van der Waals surface area (Å²) in [7, 11) is -3.59. The van der Waals surface area contributed by atoms with Crippen molar-refractivity contribution >= 4 is 15.9 Å². The molecule has 150 valence electrons. The number of hydrogen-bond donors (Lipinski definition) is 1. The molecule has 1 N–H and O–H groups in total. The molecule has 0 saturated carbocycles. The van der Waals surface area contributed by atoms with Gasteiger partial charge < -0.3 is 15.0 Å². The molecule has 27 heavy (non-hydrogen) atoms. The van der Waals surface area contributed by atoms with Crippen molar-refractivity contribution in [3.63, 3.8) is 0 Å². The molecule has 2 aliphatic rings. The van der Waals surface area contributed by atoms with Gasteiger partial charge in [-0.05, 0) is 57.1 Å². The zero-order chi connectivity index (χ0) is 19.1. The Kier molecular flexibility index (Phi) is 7.23. The van der Waals surface area contributed by atoms with Crippen LogP contribution in [0.5, 0.6) is 0 Å². The van der Waals surface area contributed by atoms with Crippen molar-refractivity contribution in [2.45, 2.75) is 30.6 Å². The van der Waals surface area contributed by atoms with E-state index in [0.717, 1.165) is 26.1 Å². The topological polar surface area (TPSA) is 79.0 Å². The third kappa shape index (κ3) is 5.51. The molecule has 2 saturated heterocycles. The Bertz CT molecular complexity index is 726. The van der Waals surface area contributed by atoms with Gasteiger partial charge in [-0.1, -0.05) is 12.5 Å². The van der Waals surface area contributed by atoms with E-state index in [1.54, 1.807) is 12.1 Å². The number of morpholine rings is 1. The van der Waals surface area contributed by atoms with E-state index < -0.39 is 10.0 Å². The van der Waals surface area contributed by atoms with Gasteiger partial charge in [0.15, 0.2) is 0 Å². The Morgan fingerprint density at radius 1 is 1.07 bits per heavy atom. The predicted molar refractivity (Wildman–Crippen MR) is 103 cm³/mol. The Hall–Kier alpha value is -1.48. The minimum absolute atomic E-state index is 0.158. The summed E-state index contributed by atoms with van der Waals surface area (Å²) < 4.78 is 32.1. The highest BCUT2D eigenvalue weighted by molar-refractivity contribution is 7.89. The second-order valence-electron chi connectivity index (χ2n) is 7.06. The molecule has 0 atom stereocenters. The molecule has 8 heteroatoms. The van der Waals surface area contributed by atoms with Crippen LogP contribution >= 0.6 is 0 Å². The summed E-state index contributed by atoms with van der Waals surface area (Å²) in [6.45, 7) is 5.36. The van der Waals surface area contributed by atoms with Crippen LogP contribution in [0.3, 0.4) is 0 Å². The van der Waals surface area contributed by atoms with Crippen molar-refractivity contribution in [3.05, 3.63) is 29.8 Å². The third-order valence-corrected chi connectivity index (χ3v) is 6.98. The Morgan fingerprint density at radius 2 is 1.81 bits per heavy atom. The van der Waals surface area contributed by atoms with Crippen LogP contribution in [0.1, 0.15) is 36.0 Å². The lowest BCUT2D eigenvalue weighted by atomic mass is 10.1. The number of carbonyl (C=O) groups is 1. The summed E-state index contributed by atoms with van der Waals surface area (Å²) >= 11 is 0. The summed E-state index contributed by atoms with van der Waals surface area (Å²) in [5.74, 6) is -0.229. The first-order chi connectivity index (χ1) is 13.1. The van der Waals surface area contributed by atoms with E-state index >= 15 is 0 Å². The molecule has 0 bridgehead atoms. The summed E-state index contributed by atoms with van der Waals surface area (Å²) in [5.41, 5.74) is 0.377. The summed E-state index contributed by atoms with van der Waals surface area (Å²) in [6, 6.07) is 6.27. The average Bonchev–Trinajstić information content (AvgIpc) is 2.72. The highest BCUT2D eigenvalue weighted by Gasteiger charge is 2.26. The first kappa shape index (κ1) is 20.3. The SMILES string of the molecule is O=C(NCCCN1CCCCC1)c1cccc(S(=O)(=O)N2CCOCC2)c1. The number of benzene rings is 1. The van der Waals surface area contributed by atoms with Crippen molar-refractivity contribution in [3.8, 4) is 0 Å². The molecule has 2 aliphatic heterocycles. The van der Waals surface area contributed by atoms with Crippen molar-refractivity contribution in [2.75, 3.05) is 52.5 Å². The zero-order valence-corrected chi connectivity index (χ0v) is 16.5. The second kappa shape index (κ2) is 9.64. The normalized spacial score (nSPS) is 19.7. The lowest BCUT2D eigenvalue weighted by Gasteiger charge is -2.26. The molecule has 7 nitrogen and oxygen atoms in total. The smallest absolute Gasteiger partial charge is 0.251 e. The number of amides is 1. The van der Waals surface area contributed by atoms with Crippen molar-refractivity contribution in [2.24, 2.45) is 0 Å². The molecule has 0 aliphatic carbocycles. The molecule has 0 unspecified atom stereocenters. The third-order valence-electron chi connectivity index (χ3n) is 5.09. The maximum Gasteiger partial charge on any atom is 0.251 e. The lowest BCUT2D eigenvalue weighted by Crippen LogP contribution is -2.40. The molecule has 2 fully saturated rings. The number of carbonyl (C=O) groups excluding carboxylic acids is 1. The second-order valence-corrected chi connectivity index (χ2v) is 8.99. The number of nitrogens with one attached hydrogen (secondary N) is 1. The van der Waals surface area contributed by atoms with Gasteiger partial charge in [-0.2, -0.15) is 4.31 Å². The number of hydrogen-bond acceptors (Lipinski definition) is 5. The highest BCUT2D eigenvalue weighted by Crippen LogP contribution is 2.18. The van der Waals surface area contributed by atoms with Crippen molar-refractivity contribution in [1.82, 2.24) is 14.5 Å². The number of likely N-dealkylation sites (tertiary alicyclic amines) is 1. The van der Waals surface area contributed by atoms with Gasteiger partial charge in [0.25, 0.3) is 5.91 Å². The number of nitrogens with zero attached hydrogens (tertiary/aromatic N) is 2. The first-order valence-corrected chi connectivity index (χ1v) is 11.2. The van der Waals surface area contributed by atoms with Crippen molar-refractivity contribution in [1.29, 1.82) is 0 Å². The van der Waals surface area contributed by atoms with E-state index in [4.69, 9.17) is 4.74 Å². The van der Waals surface area contributed by atoms with Crippen LogP contribution in [0.25, 0.3) is 0 Å².